The van der Waals surface area contributed by atoms with Crippen molar-refractivity contribution in [3.8, 4) is 0 Å². The first kappa shape index (κ1) is 17.2. The number of primary amides is 1. The molecule has 1 aliphatic rings. The maximum atomic E-state index is 11.1. The highest BCUT2D eigenvalue weighted by Gasteiger charge is 2.27. The number of carbonyl (C=O) groups excluding carboxylic acids is 1. The average molecular weight is 328 g/mol. The van der Waals surface area contributed by atoms with Gasteiger partial charge in [0.2, 0.25) is 5.91 Å². The summed E-state index contributed by atoms with van der Waals surface area (Å²) in [4.78, 5) is 12.4. The van der Waals surface area contributed by atoms with E-state index in [9.17, 15) is 9.90 Å². The lowest BCUT2D eigenvalue weighted by molar-refractivity contribution is -0.908. The Kier molecular flexibility index (Phi) is 6.64. The van der Waals surface area contributed by atoms with Gasteiger partial charge in [0.1, 0.15) is 12.6 Å². The molecule has 0 aromatic heterocycles. The number of ether oxygens (including phenoxy) is 1. The van der Waals surface area contributed by atoms with Gasteiger partial charge in [-0.2, -0.15) is 0 Å². The van der Waals surface area contributed by atoms with Crippen LogP contribution in [-0.2, 0) is 16.1 Å². The molecule has 1 fully saturated rings. The molecule has 0 spiro atoms. The monoisotopic (exact) mass is 327 g/mol. The number of halogens is 1. The number of aliphatic hydroxyl groups excluding tert-OH is 1. The molecule has 2 rings (SSSR count). The molecule has 4 N–H and O–H groups in total. The molecule has 1 saturated heterocycles. The number of piperidine rings is 1. The average Bonchev–Trinajstić information content (AvgIpc) is 2.50. The summed E-state index contributed by atoms with van der Waals surface area (Å²) in [5, 5.41) is 10.7. The van der Waals surface area contributed by atoms with Gasteiger partial charge in [0.05, 0.1) is 26.3 Å². The second kappa shape index (κ2) is 8.48. The lowest BCUT2D eigenvalue weighted by Gasteiger charge is -2.29. The number of carbonyl (C=O) groups is 1. The van der Waals surface area contributed by atoms with E-state index in [2.05, 4.69) is 0 Å². The minimum atomic E-state index is -0.511. The number of hydrogen-bond donors (Lipinski definition) is 3. The number of rotatable bonds is 7. The number of quaternary nitrogens is 1. The van der Waals surface area contributed by atoms with E-state index in [-0.39, 0.29) is 18.4 Å². The molecule has 1 atom stereocenters. The number of nitrogens with one attached hydrogen (secondary N) is 1. The standard InChI is InChI=1S/C16H23ClN2O3/c17-15-4-2-1-3-13(15)10-22-11-14(20)9-19-7-5-12(6-8-19)16(18)21/h1-4,12,14,20H,5-11H2,(H2,18,21)/p+1/t14-/m1/s1. The normalized spacial score (nSPS) is 23.2. The van der Waals surface area contributed by atoms with Crippen LogP contribution in [-0.4, -0.2) is 43.4 Å². The first-order chi connectivity index (χ1) is 10.6. The van der Waals surface area contributed by atoms with E-state index in [1.54, 1.807) is 0 Å². The van der Waals surface area contributed by atoms with Gasteiger partial charge in [-0.15, -0.1) is 0 Å². The molecule has 0 saturated carbocycles. The van der Waals surface area contributed by atoms with Gasteiger partial charge in [-0.05, 0) is 11.6 Å². The topological polar surface area (TPSA) is 77.0 Å². The maximum absolute atomic E-state index is 11.1. The Morgan fingerprint density at radius 1 is 1.41 bits per heavy atom. The third kappa shape index (κ3) is 5.25. The summed E-state index contributed by atoms with van der Waals surface area (Å²) in [7, 11) is 0. The van der Waals surface area contributed by atoms with Crippen LogP contribution in [0, 0.1) is 5.92 Å². The zero-order valence-corrected chi connectivity index (χ0v) is 13.4. The molecule has 5 nitrogen and oxygen atoms in total. The highest BCUT2D eigenvalue weighted by atomic mass is 35.5. The van der Waals surface area contributed by atoms with Crippen molar-refractivity contribution in [2.45, 2.75) is 25.6 Å². The largest absolute Gasteiger partial charge is 0.385 e. The summed E-state index contributed by atoms with van der Waals surface area (Å²) in [5.74, 6) is -0.208. The number of amides is 1. The minimum Gasteiger partial charge on any atom is -0.385 e. The second-order valence-corrected chi connectivity index (χ2v) is 6.30. The summed E-state index contributed by atoms with van der Waals surface area (Å²) in [6.45, 7) is 3.06. The molecule has 0 unspecified atom stereocenters. The molecule has 1 amide bonds. The number of nitrogens with two attached hydrogens (primary N) is 1. The van der Waals surface area contributed by atoms with E-state index in [0.717, 1.165) is 31.5 Å². The van der Waals surface area contributed by atoms with Crippen LogP contribution in [0.1, 0.15) is 18.4 Å². The molecule has 0 radical (unpaired) electrons. The summed E-state index contributed by atoms with van der Waals surface area (Å²) < 4.78 is 5.54. The fraction of sp³-hybridized carbons (Fsp3) is 0.562. The summed E-state index contributed by atoms with van der Waals surface area (Å²) in [5.41, 5.74) is 6.24. The molecular formula is C16H24ClN2O3+. The summed E-state index contributed by atoms with van der Waals surface area (Å²) >= 11 is 6.05. The van der Waals surface area contributed by atoms with Crippen molar-refractivity contribution < 1.29 is 19.5 Å². The number of likely N-dealkylation sites (tertiary alicyclic amines) is 1. The van der Waals surface area contributed by atoms with Gasteiger partial charge in [-0.3, -0.25) is 4.79 Å². The Morgan fingerprint density at radius 3 is 2.73 bits per heavy atom. The molecule has 1 aromatic carbocycles. The van der Waals surface area contributed by atoms with Crippen molar-refractivity contribution in [1.82, 2.24) is 0 Å². The van der Waals surface area contributed by atoms with Crippen LogP contribution in [0.4, 0.5) is 0 Å². The van der Waals surface area contributed by atoms with Gasteiger partial charge in [0, 0.05) is 23.8 Å². The molecule has 6 heteroatoms. The molecule has 1 aliphatic heterocycles. The van der Waals surface area contributed by atoms with Crippen molar-refractivity contribution in [2.24, 2.45) is 11.7 Å². The van der Waals surface area contributed by atoms with E-state index < -0.39 is 6.10 Å². The number of aliphatic hydroxyl groups is 1. The third-order valence-corrected chi connectivity index (χ3v) is 4.51. The van der Waals surface area contributed by atoms with Gasteiger partial charge < -0.3 is 20.5 Å². The quantitative estimate of drug-likeness (QED) is 0.659. The van der Waals surface area contributed by atoms with Gasteiger partial charge in [0.25, 0.3) is 0 Å². The van der Waals surface area contributed by atoms with Crippen molar-refractivity contribution in [3.05, 3.63) is 34.9 Å². The fourth-order valence-electron chi connectivity index (χ4n) is 2.83. The fourth-order valence-corrected chi connectivity index (χ4v) is 3.02. The van der Waals surface area contributed by atoms with Gasteiger partial charge in [0.15, 0.2) is 0 Å². The highest BCUT2D eigenvalue weighted by Crippen LogP contribution is 2.15. The molecule has 0 bridgehead atoms. The summed E-state index contributed by atoms with van der Waals surface area (Å²) in [6, 6.07) is 7.52. The van der Waals surface area contributed by atoms with Gasteiger partial charge >= 0.3 is 0 Å². The van der Waals surface area contributed by atoms with Gasteiger partial charge in [-0.25, -0.2) is 0 Å². The zero-order chi connectivity index (χ0) is 15.9. The van der Waals surface area contributed by atoms with Gasteiger partial charge in [-0.1, -0.05) is 29.8 Å². The minimum absolute atomic E-state index is 0.00244. The van der Waals surface area contributed by atoms with E-state index in [1.165, 1.54) is 4.90 Å². The maximum Gasteiger partial charge on any atom is 0.220 e. The van der Waals surface area contributed by atoms with Crippen LogP contribution >= 0.6 is 11.6 Å². The predicted octanol–water partition coefficient (Wildman–Crippen LogP) is -0.00230. The van der Waals surface area contributed by atoms with E-state index >= 15 is 0 Å². The Morgan fingerprint density at radius 2 is 2.09 bits per heavy atom. The predicted molar refractivity (Wildman–Crippen MR) is 84.6 cm³/mol. The molecule has 1 heterocycles. The Balaban J connectivity index is 1.65. The van der Waals surface area contributed by atoms with E-state index in [4.69, 9.17) is 22.1 Å². The number of benzene rings is 1. The number of hydrogen-bond acceptors (Lipinski definition) is 3. The SMILES string of the molecule is NC(=O)C1CC[NH+](C[C@@H](O)COCc2ccccc2Cl)CC1. The second-order valence-electron chi connectivity index (χ2n) is 5.89. The molecule has 1 aromatic rings. The van der Waals surface area contributed by atoms with Crippen LogP contribution in [0.3, 0.4) is 0 Å². The van der Waals surface area contributed by atoms with Crippen LogP contribution in [0.15, 0.2) is 24.3 Å². The molecular weight excluding hydrogens is 304 g/mol. The first-order valence-electron chi connectivity index (χ1n) is 7.68. The van der Waals surface area contributed by atoms with Crippen molar-refractivity contribution >= 4 is 17.5 Å². The molecule has 122 valence electrons. The van der Waals surface area contributed by atoms with E-state index in [0.29, 0.717) is 18.2 Å². The van der Waals surface area contributed by atoms with Crippen LogP contribution in [0.25, 0.3) is 0 Å². The smallest absolute Gasteiger partial charge is 0.220 e. The Hall–Kier alpha value is -1.14. The highest BCUT2D eigenvalue weighted by molar-refractivity contribution is 6.31. The molecule has 0 aliphatic carbocycles. The zero-order valence-electron chi connectivity index (χ0n) is 12.6. The van der Waals surface area contributed by atoms with Crippen LogP contribution in [0.2, 0.25) is 5.02 Å². The lowest BCUT2D eigenvalue weighted by Crippen LogP contribution is -3.14. The van der Waals surface area contributed by atoms with Crippen LogP contribution < -0.4 is 10.6 Å². The van der Waals surface area contributed by atoms with E-state index in [1.807, 2.05) is 24.3 Å². The summed E-state index contributed by atoms with van der Waals surface area (Å²) in [6.07, 6.45) is 1.10. The lowest BCUT2D eigenvalue weighted by atomic mass is 9.96. The Labute approximate surface area is 136 Å². The first-order valence-corrected chi connectivity index (χ1v) is 8.06. The van der Waals surface area contributed by atoms with Crippen molar-refractivity contribution in [1.29, 1.82) is 0 Å². The van der Waals surface area contributed by atoms with Crippen LogP contribution in [0.5, 0.6) is 0 Å². The Bertz CT molecular complexity index is 490. The van der Waals surface area contributed by atoms with Crippen molar-refractivity contribution in [3.63, 3.8) is 0 Å². The third-order valence-electron chi connectivity index (χ3n) is 4.15. The molecule has 22 heavy (non-hydrogen) atoms. The van der Waals surface area contributed by atoms with Crippen molar-refractivity contribution in [2.75, 3.05) is 26.2 Å².